The van der Waals surface area contributed by atoms with Gasteiger partial charge in [0, 0.05) is 21.5 Å². The predicted molar refractivity (Wildman–Crippen MR) is 71.8 cm³/mol. The molecule has 0 aliphatic rings. The van der Waals surface area contributed by atoms with Gasteiger partial charge in [-0.3, -0.25) is 0 Å². The lowest BCUT2D eigenvalue weighted by molar-refractivity contribution is 0.378. The van der Waals surface area contributed by atoms with Gasteiger partial charge < -0.3 is 10.3 Å². The number of nitrogen functional groups attached to an aromatic ring is 1. The molecular weight excluding hydrogens is 302 g/mol. The highest BCUT2D eigenvalue weighted by Crippen LogP contribution is 2.29. The summed E-state index contributed by atoms with van der Waals surface area (Å²) in [6.45, 7) is 1.98. The van der Waals surface area contributed by atoms with E-state index in [1.807, 2.05) is 25.1 Å². The summed E-state index contributed by atoms with van der Waals surface area (Å²) in [5, 5.41) is 3.89. The van der Waals surface area contributed by atoms with Crippen LogP contribution in [0, 0.1) is 0 Å². The SMILES string of the molecule is CCc1nc(CSc2ccc(Br)cc2N)no1. The van der Waals surface area contributed by atoms with E-state index >= 15 is 0 Å². The minimum Gasteiger partial charge on any atom is -0.398 e. The fourth-order valence-electron chi connectivity index (χ4n) is 1.29. The maximum atomic E-state index is 5.90. The molecule has 0 aliphatic heterocycles. The Kier molecular flexibility index (Phi) is 4.06. The Bertz CT molecular complexity index is 515. The lowest BCUT2D eigenvalue weighted by atomic mass is 10.3. The van der Waals surface area contributed by atoms with E-state index in [4.69, 9.17) is 10.3 Å². The van der Waals surface area contributed by atoms with Gasteiger partial charge in [-0.15, -0.1) is 11.8 Å². The van der Waals surface area contributed by atoms with Crippen LogP contribution >= 0.6 is 27.7 Å². The standard InChI is InChI=1S/C11H12BrN3OS/c1-2-11-14-10(15-16-11)6-17-9-4-3-7(12)5-8(9)13/h3-5H,2,6,13H2,1H3. The Morgan fingerprint density at radius 1 is 1.47 bits per heavy atom. The number of hydrogen-bond donors (Lipinski definition) is 1. The number of benzene rings is 1. The maximum Gasteiger partial charge on any atom is 0.226 e. The van der Waals surface area contributed by atoms with Gasteiger partial charge in [0.15, 0.2) is 5.82 Å². The van der Waals surface area contributed by atoms with Crippen LogP contribution in [0.2, 0.25) is 0 Å². The molecule has 4 nitrogen and oxygen atoms in total. The second-order valence-corrected chi connectivity index (χ2v) is 5.36. The van der Waals surface area contributed by atoms with Crippen LogP contribution in [0.4, 0.5) is 5.69 Å². The Labute approximate surface area is 112 Å². The van der Waals surface area contributed by atoms with Crippen LogP contribution in [0.25, 0.3) is 0 Å². The minimum absolute atomic E-state index is 0.662. The van der Waals surface area contributed by atoms with Crippen LogP contribution in [-0.4, -0.2) is 10.1 Å². The van der Waals surface area contributed by atoms with E-state index in [9.17, 15) is 0 Å². The van der Waals surface area contributed by atoms with E-state index < -0.39 is 0 Å². The summed E-state index contributed by atoms with van der Waals surface area (Å²) in [6.07, 6.45) is 0.762. The van der Waals surface area contributed by atoms with Crippen LogP contribution in [0.3, 0.4) is 0 Å². The topological polar surface area (TPSA) is 64.9 Å². The fourth-order valence-corrected chi connectivity index (χ4v) is 2.46. The smallest absolute Gasteiger partial charge is 0.226 e. The van der Waals surface area contributed by atoms with Gasteiger partial charge in [-0.1, -0.05) is 28.0 Å². The average molecular weight is 314 g/mol. The van der Waals surface area contributed by atoms with Gasteiger partial charge in [0.25, 0.3) is 0 Å². The number of halogens is 1. The lowest BCUT2D eigenvalue weighted by Gasteiger charge is -2.03. The second kappa shape index (κ2) is 5.55. The number of nitrogens with zero attached hydrogens (tertiary/aromatic N) is 2. The molecule has 0 saturated carbocycles. The second-order valence-electron chi connectivity index (χ2n) is 3.43. The quantitative estimate of drug-likeness (QED) is 0.693. The first-order valence-corrected chi connectivity index (χ1v) is 6.96. The summed E-state index contributed by atoms with van der Waals surface area (Å²) < 4.78 is 6.02. The van der Waals surface area contributed by atoms with Gasteiger partial charge in [0.1, 0.15) is 0 Å². The summed E-state index contributed by atoms with van der Waals surface area (Å²) >= 11 is 4.98. The molecule has 0 bridgehead atoms. The van der Waals surface area contributed by atoms with E-state index in [0.29, 0.717) is 17.5 Å². The molecule has 0 aliphatic carbocycles. The first-order valence-electron chi connectivity index (χ1n) is 5.18. The van der Waals surface area contributed by atoms with Gasteiger partial charge in [0.2, 0.25) is 5.89 Å². The largest absolute Gasteiger partial charge is 0.398 e. The molecule has 2 N–H and O–H groups in total. The van der Waals surface area contributed by atoms with Crippen LogP contribution in [0.15, 0.2) is 32.1 Å². The zero-order valence-electron chi connectivity index (χ0n) is 9.31. The Balaban J connectivity index is 2.02. The number of aryl methyl sites for hydroxylation is 1. The minimum atomic E-state index is 0.662. The fraction of sp³-hybridized carbons (Fsp3) is 0.273. The molecule has 2 rings (SSSR count). The molecule has 0 spiro atoms. The molecule has 17 heavy (non-hydrogen) atoms. The van der Waals surface area contributed by atoms with E-state index in [1.165, 1.54) is 0 Å². The molecule has 1 aromatic heterocycles. The molecule has 0 atom stereocenters. The monoisotopic (exact) mass is 313 g/mol. The first-order chi connectivity index (χ1) is 8.19. The highest BCUT2D eigenvalue weighted by molar-refractivity contribution is 9.10. The highest BCUT2D eigenvalue weighted by atomic mass is 79.9. The molecule has 0 amide bonds. The first kappa shape index (κ1) is 12.4. The summed E-state index contributed by atoms with van der Waals surface area (Å²) in [4.78, 5) is 5.27. The molecular formula is C11H12BrN3OS. The van der Waals surface area contributed by atoms with E-state index in [2.05, 4.69) is 26.1 Å². The molecule has 0 radical (unpaired) electrons. The van der Waals surface area contributed by atoms with E-state index in [-0.39, 0.29) is 0 Å². The van der Waals surface area contributed by atoms with Crippen LogP contribution < -0.4 is 5.73 Å². The summed E-state index contributed by atoms with van der Waals surface area (Å²) in [5.74, 6) is 2.04. The number of hydrogen-bond acceptors (Lipinski definition) is 5. The molecule has 0 fully saturated rings. The highest BCUT2D eigenvalue weighted by Gasteiger charge is 2.06. The van der Waals surface area contributed by atoms with Gasteiger partial charge in [-0.25, -0.2) is 0 Å². The van der Waals surface area contributed by atoms with E-state index in [0.717, 1.165) is 21.5 Å². The number of nitrogens with two attached hydrogens (primary N) is 1. The van der Waals surface area contributed by atoms with Crippen molar-refractivity contribution in [1.82, 2.24) is 10.1 Å². The molecule has 0 saturated heterocycles. The van der Waals surface area contributed by atoms with Crippen LogP contribution in [0.1, 0.15) is 18.6 Å². The Hall–Kier alpha value is -1.01. The van der Waals surface area contributed by atoms with Gasteiger partial charge >= 0.3 is 0 Å². The van der Waals surface area contributed by atoms with Crippen molar-refractivity contribution < 1.29 is 4.52 Å². The van der Waals surface area contributed by atoms with Gasteiger partial charge in [-0.05, 0) is 18.2 Å². The van der Waals surface area contributed by atoms with Gasteiger partial charge in [-0.2, -0.15) is 4.98 Å². The normalized spacial score (nSPS) is 10.7. The van der Waals surface area contributed by atoms with Crippen molar-refractivity contribution in [2.24, 2.45) is 0 Å². The maximum absolute atomic E-state index is 5.90. The third-order valence-electron chi connectivity index (χ3n) is 2.14. The van der Waals surface area contributed by atoms with Crippen molar-refractivity contribution in [1.29, 1.82) is 0 Å². The average Bonchev–Trinajstić information content (AvgIpc) is 2.76. The van der Waals surface area contributed by atoms with Crippen molar-refractivity contribution in [2.45, 2.75) is 24.0 Å². The van der Waals surface area contributed by atoms with Crippen molar-refractivity contribution in [3.63, 3.8) is 0 Å². The molecule has 1 aromatic carbocycles. The molecule has 0 unspecified atom stereocenters. The van der Waals surface area contributed by atoms with Crippen molar-refractivity contribution in [2.75, 3.05) is 5.73 Å². The molecule has 6 heteroatoms. The van der Waals surface area contributed by atoms with E-state index in [1.54, 1.807) is 11.8 Å². The zero-order chi connectivity index (χ0) is 12.3. The Morgan fingerprint density at radius 3 is 2.94 bits per heavy atom. The number of rotatable bonds is 4. The summed E-state index contributed by atoms with van der Waals surface area (Å²) in [6, 6.07) is 5.83. The van der Waals surface area contributed by atoms with Crippen molar-refractivity contribution in [3.8, 4) is 0 Å². The molecule has 90 valence electrons. The van der Waals surface area contributed by atoms with Crippen LogP contribution in [-0.2, 0) is 12.2 Å². The predicted octanol–water partition coefficient (Wildman–Crippen LogP) is 3.27. The van der Waals surface area contributed by atoms with Crippen molar-refractivity contribution >= 4 is 33.4 Å². The van der Waals surface area contributed by atoms with Crippen LogP contribution in [0.5, 0.6) is 0 Å². The summed E-state index contributed by atoms with van der Waals surface area (Å²) in [7, 11) is 0. The summed E-state index contributed by atoms with van der Waals surface area (Å²) in [5.41, 5.74) is 6.66. The third-order valence-corrected chi connectivity index (χ3v) is 3.72. The zero-order valence-corrected chi connectivity index (χ0v) is 11.7. The lowest BCUT2D eigenvalue weighted by Crippen LogP contribution is -1.90. The number of thioether (sulfide) groups is 1. The number of aromatic nitrogens is 2. The van der Waals surface area contributed by atoms with Crippen molar-refractivity contribution in [3.05, 3.63) is 34.4 Å². The number of anilines is 1. The third kappa shape index (κ3) is 3.23. The Morgan fingerprint density at radius 2 is 2.29 bits per heavy atom. The van der Waals surface area contributed by atoms with Gasteiger partial charge in [0.05, 0.1) is 5.75 Å². The molecule has 1 heterocycles. The molecule has 2 aromatic rings.